The summed E-state index contributed by atoms with van der Waals surface area (Å²) in [6.45, 7) is 8.83. The molecule has 0 spiro atoms. The summed E-state index contributed by atoms with van der Waals surface area (Å²) >= 11 is 0. The van der Waals surface area contributed by atoms with Crippen LogP contribution in [0.5, 0.6) is 0 Å². The second-order valence-electron chi connectivity index (χ2n) is 16.6. The Hall–Kier alpha value is -0.240. The van der Waals surface area contributed by atoms with Crippen molar-refractivity contribution in [1.29, 1.82) is 0 Å². The van der Waals surface area contributed by atoms with Gasteiger partial charge in [0.2, 0.25) is 0 Å². The largest absolute Gasteiger partial charge is 0.388 e. The molecule has 0 aromatic carbocycles. The molecule has 0 fully saturated rings. The molecule has 54 heavy (non-hydrogen) atoms. The molecule has 2 unspecified atom stereocenters. The van der Waals surface area contributed by atoms with E-state index in [1.54, 1.807) is 0 Å². The van der Waals surface area contributed by atoms with Gasteiger partial charge in [-0.1, -0.05) is 219 Å². The first-order chi connectivity index (χ1) is 26.7. The molecule has 0 rings (SSSR count). The first-order valence-electron chi connectivity index (χ1n) is 24.4. The van der Waals surface area contributed by atoms with E-state index < -0.39 is 12.2 Å². The van der Waals surface area contributed by atoms with Crippen molar-refractivity contribution in [2.24, 2.45) is 0 Å². The van der Waals surface area contributed by atoms with E-state index in [1.807, 2.05) is 0 Å². The first-order valence-corrected chi connectivity index (χ1v) is 24.4. The van der Waals surface area contributed by atoms with Gasteiger partial charge in [-0.15, -0.1) is 0 Å². The fourth-order valence-electron chi connectivity index (χ4n) is 7.24. The highest BCUT2D eigenvalue weighted by atomic mass is 16.5. The van der Waals surface area contributed by atoms with Crippen molar-refractivity contribution in [2.45, 2.75) is 257 Å². The highest BCUT2D eigenvalue weighted by Crippen LogP contribution is 2.15. The normalized spacial score (nSPS) is 12.9. The van der Waals surface area contributed by atoms with Crippen LogP contribution in [0.3, 0.4) is 0 Å². The summed E-state index contributed by atoms with van der Waals surface area (Å²) in [5, 5.41) is 20.2. The van der Waals surface area contributed by atoms with Gasteiger partial charge in [0.05, 0.1) is 26.4 Å². The summed E-state index contributed by atoms with van der Waals surface area (Å²) in [5.74, 6) is 0. The number of rotatable bonds is 49. The van der Waals surface area contributed by atoms with Crippen molar-refractivity contribution in [3.05, 3.63) is 0 Å². The zero-order valence-electron chi connectivity index (χ0n) is 36.8. The third-order valence-electron chi connectivity index (χ3n) is 10.9. The van der Waals surface area contributed by atoms with Gasteiger partial charge in [-0.2, -0.15) is 0 Å². The van der Waals surface area contributed by atoms with Gasteiger partial charge in [0.25, 0.3) is 0 Å². The van der Waals surface area contributed by atoms with E-state index in [0.29, 0.717) is 39.6 Å². The fourth-order valence-corrected chi connectivity index (χ4v) is 7.24. The summed E-state index contributed by atoms with van der Waals surface area (Å²) in [5.41, 5.74) is 0. The van der Waals surface area contributed by atoms with Gasteiger partial charge in [-0.3, -0.25) is 0 Å². The predicted octanol–water partition coefficient (Wildman–Crippen LogP) is 13.9. The molecule has 6 nitrogen and oxygen atoms in total. The van der Waals surface area contributed by atoms with Crippen LogP contribution in [-0.4, -0.2) is 75.3 Å². The quantitative estimate of drug-likeness (QED) is 0.0600. The highest BCUT2D eigenvalue weighted by molar-refractivity contribution is 4.55. The van der Waals surface area contributed by atoms with Crippen LogP contribution in [0.2, 0.25) is 0 Å². The molecule has 0 amide bonds. The van der Waals surface area contributed by atoms with Crippen molar-refractivity contribution in [1.82, 2.24) is 0 Å². The average molecular weight is 771 g/mol. The Kier molecular flexibility index (Phi) is 48.7. The lowest BCUT2D eigenvalue weighted by molar-refractivity contribution is -0.0217. The number of unbranched alkanes of at least 4 members (excludes halogenated alkanes) is 33. The fraction of sp³-hybridized carbons (Fsp3) is 1.00. The molecular formula is C48H98O6. The lowest BCUT2D eigenvalue weighted by atomic mass is 10.0. The molecule has 0 saturated carbocycles. The molecule has 0 radical (unpaired) electrons. The smallest absolute Gasteiger partial charge is 0.101 e. The van der Waals surface area contributed by atoms with Crippen LogP contribution in [0.1, 0.15) is 245 Å². The highest BCUT2D eigenvalue weighted by Gasteiger charge is 2.06. The summed E-state index contributed by atoms with van der Waals surface area (Å²) in [7, 11) is 0. The summed E-state index contributed by atoms with van der Waals surface area (Å²) < 4.78 is 22.6. The molecule has 0 heterocycles. The van der Waals surface area contributed by atoms with Crippen LogP contribution in [0.15, 0.2) is 0 Å². The maximum absolute atomic E-state index is 10.1. The van der Waals surface area contributed by atoms with Crippen LogP contribution >= 0.6 is 0 Å². The van der Waals surface area contributed by atoms with E-state index >= 15 is 0 Å². The van der Waals surface area contributed by atoms with Gasteiger partial charge >= 0.3 is 0 Å². The molecule has 0 saturated heterocycles. The number of ether oxygens (including phenoxy) is 4. The molecule has 0 aliphatic rings. The van der Waals surface area contributed by atoms with Crippen molar-refractivity contribution in [3.8, 4) is 0 Å². The molecule has 6 heteroatoms. The maximum atomic E-state index is 10.1. The molecule has 0 aliphatic carbocycles. The number of aliphatic hydroxyl groups is 2. The van der Waals surface area contributed by atoms with E-state index in [0.717, 1.165) is 51.7 Å². The number of aliphatic hydroxyl groups excluding tert-OH is 2. The third kappa shape index (κ3) is 47.9. The van der Waals surface area contributed by atoms with Gasteiger partial charge in [-0.05, 0) is 25.7 Å². The van der Waals surface area contributed by atoms with Gasteiger partial charge in [0, 0.05) is 26.4 Å². The Bertz CT molecular complexity index is 595. The second kappa shape index (κ2) is 48.9. The van der Waals surface area contributed by atoms with E-state index in [1.165, 1.54) is 193 Å². The van der Waals surface area contributed by atoms with Crippen molar-refractivity contribution < 1.29 is 29.2 Å². The summed E-state index contributed by atoms with van der Waals surface area (Å²) in [6.07, 6.45) is 47.0. The Morgan fingerprint density at radius 1 is 0.241 bits per heavy atom. The summed E-state index contributed by atoms with van der Waals surface area (Å²) in [4.78, 5) is 0. The third-order valence-corrected chi connectivity index (χ3v) is 10.9. The van der Waals surface area contributed by atoms with Gasteiger partial charge in [0.15, 0.2) is 0 Å². The average Bonchev–Trinajstić information content (AvgIpc) is 3.17. The number of hydrogen-bond acceptors (Lipinski definition) is 6. The Morgan fingerprint density at radius 3 is 0.556 bits per heavy atom. The molecule has 0 aliphatic heterocycles. The van der Waals surface area contributed by atoms with E-state index in [2.05, 4.69) is 13.8 Å². The van der Waals surface area contributed by atoms with Crippen LogP contribution in [0, 0.1) is 0 Å². The van der Waals surface area contributed by atoms with Gasteiger partial charge < -0.3 is 29.2 Å². The van der Waals surface area contributed by atoms with Crippen molar-refractivity contribution in [3.63, 3.8) is 0 Å². The number of hydrogen-bond donors (Lipinski definition) is 2. The zero-order chi connectivity index (χ0) is 39.1. The Labute approximate surface area is 338 Å². The molecular weight excluding hydrogens is 673 g/mol. The minimum Gasteiger partial charge on any atom is -0.388 e. The SMILES string of the molecule is CCCCCCCCCCCCCCCCCCOCC(O)COCCCCCCOCC(O)COCCCCCCCCCCCCCCCCCC. The van der Waals surface area contributed by atoms with Crippen LogP contribution < -0.4 is 0 Å². The van der Waals surface area contributed by atoms with Crippen molar-refractivity contribution in [2.75, 3.05) is 52.9 Å². The van der Waals surface area contributed by atoms with E-state index in [4.69, 9.17) is 18.9 Å². The van der Waals surface area contributed by atoms with E-state index in [9.17, 15) is 10.2 Å². The van der Waals surface area contributed by atoms with Gasteiger partial charge in [0.1, 0.15) is 12.2 Å². The standard InChI is InChI=1S/C48H98O6/c1-3-5-7-9-11-13-15-17-19-21-23-25-27-29-31-35-39-51-43-47(49)45-53-41-37-33-34-38-42-54-46-48(50)44-52-40-36-32-30-28-26-24-22-20-18-16-14-12-10-8-6-4-2/h47-50H,3-46H2,1-2H3. The molecule has 326 valence electrons. The maximum Gasteiger partial charge on any atom is 0.101 e. The second-order valence-corrected chi connectivity index (χ2v) is 16.6. The predicted molar refractivity (Wildman–Crippen MR) is 233 cm³/mol. The Balaban J connectivity index is 3.22. The van der Waals surface area contributed by atoms with Crippen molar-refractivity contribution >= 4 is 0 Å². The van der Waals surface area contributed by atoms with Crippen LogP contribution in [-0.2, 0) is 18.9 Å². The molecule has 0 aromatic heterocycles. The molecule has 0 aromatic rings. The zero-order valence-corrected chi connectivity index (χ0v) is 36.8. The van der Waals surface area contributed by atoms with Gasteiger partial charge in [-0.25, -0.2) is 0 Å². The van der Waals surface area contributed by atoms with Crippen LogP contribution in [0.25, 0.3) is 0 Å². The Morgan fingerprint density at radius 2 is 0.389 bits per heavy atom. The molecule has 0 bridgehead atoms. The monoisotopic (exact) mass is 771 g/mol. The minimum absolute atomic E-state index is 0.349. The molecule has 2 N–H and O–H groups in total. The van der Waals surface area contributed by atoms with E-state index in [-0.39, 0.29) is 0 Å². The topological polar surface area (TPSA) is 77.4 Å². The summed E-state index contributed by atoms with van der Waals surface area (Å²) in [6, 6.07) is 0. The molecule has 2 atom stereocenters. The first kappa shape index (κ1) is 53.8. The minimum atomic E-state index is -0.538. The van der Waals surface area contributed by atoms with Crippen LogP contribution in [0.4, 0.5) is 0 Å². The lowest BCUT2D eigenvalue weighted by Gasteiger charge is -2.12. The lowest BCUT2D eigenvalue weighted by Crippen LogP contribution is -2.22.